The van der Waals surface area contributed by atoms with E-state index in [1.54, 1.807) is 0 Å². The molecule has 172 valence electrons. The molecule has 0 aromatic rings. The van der Waals surface area contributed by atoms with Gasteiger partial charge in [-0.05, 0) is 12.8 Å². The number of unbranched alkanes of at least 4 members (excludes halogenated alkanes) is 13. The summed E-state index contributed by atoms with van der Waals surface area (Å²) in [7, 11) is 0. The molecule has 0 aliphatic heterocycles. The van der Waals surface area contributed by atoms with E-state index in [0.29, 0.717) is 13.1 Å². The third-order valence-corrected chi connectivity index (χ3v) is 5.93. The minimum absolute atomic E-state index is 0. The molecular formula is C23H50ClNO3. The first-order valence-electron chi connectivity index (χ1n) is 11.9. The van der Waals surface area contributed by atoms with Gasteiger partial charge in [0.25, 0.3) is 0 Å². The molecule has 0 fully saturated rings. The molecule has 0 aromatic heterocycles. The van der Waals surface area contributed by atoms with Crippen LogP contribution in [0.5, 0.6) is 0 Å². The van der Waals surface area contributed by atoms with Crippen molar-refractivity contribution in [2.24, 2.45) is 0 Å². The van der Waals surface area contributed by atoms with Crippen LogP contribution in [-0.2, 0) is 0 Å². The lowest BCUT2D eigenvalue weighted by atomic mass is 10.0. The molecule has 0 heterocycles. The van der Waals surface area contributed by atoms with Crippen LogP contribution in [0.4, 0.5) is 0 Å². The molecule has 0 atom stereocenters. The third kappa shape index (κ3) is 18.2. The first-order chi connectivity index (χ1) is 13.2. The van der Waals surface area contributed by atoms with Gasteiger partial charge < -0.3 is 32.2 Å². The van der Waals surface area contributed by atoms with Crippen LogP contribution >= 0.6 is 0 Å². The van der Waals surface area contributed by atoms with E-state index in [4.69, 9.17) is 5.11 Å². The minimum atomic E-state index is 0. The number of halogens is 1. The molecule has 4 nitrogen and oxygen atoms in total. The van der Waals surface area contributed by atoms with Gasteiger partial charge in [-0.2, -0.15) is 0 Å². The van der Waals surface area contributed by atoms with Crippen LogP contribution in [0.25, 0.3) is 0 Å². The fourth-order valence-corrected chi connectivity index (χ4v) is 4.14. The first-order valence-corrected chi connectivity index (χ1v) is 11.9. The Morgan fingerprint density at radius 2 is 0.786 bits per heavy atom. The Hall–Kier alpha value is 0.130. The Morgan fingerprint density at radius 1 is 0.429 bits per heavy atom. The van der Waals surface area contributed by atoms with E-state index in [1.807, 2.05) is 0 Å². The van der Waals surface area contributed by atoms with E-state index < -0.39 is 0 Å². The Kier molecular flexibility index (Phi) is 25.4. The van der Waals surface area contributed by atoms with Gasteiger partial charge in [0, 0.05) is 13.0 Å². The second-order valence-corrected chi connectivity index (χ2v) is 8.36. The van der Waals surface area contributed by atoms with Gasteiger partial charge in [0.2, 0.25) is 0 Å². The van der Waals surface area contributed by atoms with Gasteiger partial charge in [-0.1, -0.05) is 84.0 Å². The maximum Gasteiger partial charge on any atom is 0.102 e. The molecule has 5 heteroatoms. The van der Waals surface area contributed by atoms with Crippen molar-refractivity contribution in [2.45, 2.75) is 103 Å². The normalized spacial score (nSPS) is 11.6. The zero-order chi connectivity index (χ0) is 20.1. The van der Waals surface area contributed by atoms with Crippen LogP contribution in [0.3, 0.4) is 0 Å². The van der Waals surface area contributed by atoms with Crippen LogP contribution < -0.4 is 12.4 Å². The predicted molar refractivity (Wildman–Crippen MR) is 116 cm³/mol. The van der Waals surface area contributed by atoms with Gasteiger partial charge in [0.05, 0.1) is 26.3 Å². The average Bonchev–Trinajstić information content (AvgIpc) is 2.67. The second kappa shape index (κ2) is 23.4. The monoisotopic (exact) mass is 423 g/mol. The molecule has 0 aromatic carbocycles. The minimum Gasteiger partial charge on any atom is -1.00 e. The highest BCUT2D eigenvalue weighted by molar-refractivity contribution is 4.51. The van der Waals surface area contributed by atoms with Gasteiger partial charge in [-0.25, -0.2) is 0 Å². The van der Waals surface area contributed by atoms with Gasteiger partial charge in [0.1, 0.15) is 13.1 Å². The van der Waals surface area contributed by atoms with Crippen LogP contribution in [0, 0.1) is 0 Å². The van der Waals surface area contributed by atoms with Gasteiger partial charge in [0.15, 0.2) is 0 Å². The highest BCUT2D eigenvalue weighted by Crippen LogP contribution is 2.15. The molecule has 0 amide bonds. The molecule has 0 spiro atoms. The number of rotatable bonds is 22. The standard InChI is InChI=1S/C23H50NO3.ClH/c1-2-3-4-5-6-7-8-9-10-11-12-13-14-15-17-24(19-22-26,20-23-27)18-16-21-25;/h25-27H,2-23H2,1H3;1H/q+1;/p-1. The van der Waals surface area contributed by atoms with E-state index in [0.717, 1.165) is 30.4 Å². The molecule has 0 aliphatic carbocycles. The SMILES string of the molecule is CCCCCCCCCCCCCCCC[N+](CCO)(CCO)CCCO.[Cl-]. The largest absolute Gasteiger partial charge is 1.00 e. The smallest absolute Gasteiger partial charge is 0.102 e. The fourth-order valence-electron chi connectivity index (χ4n) is 4.14. The number of nitrogens with zero attached hydrogens (tertiary/aromatic N) is 1. The van der Waals surface area contributed by atoms with E-state index in [1.165, 1.54) is 83.5 Å². The number of quaternary nitrogens is 1. The van der Waals surface area contributed by atoms with Crippen molar-refractivity contribution in [3.05, 3.63) is 0 Å². The highest BCUT2D eigenvalue weighted by Gasteiger charge is 2.25. The van der Waals surface area contributed by atoms with Crippen molar-refractivity contribution in [1.82, 2.24) is 0 Å². The van der Waals surface area contributed by atoms with Crippen LogP contribution in [-0.4, -0.2) is 65.8 Å². The molecule has 0 saturated carbocycles. The van der Waals surface area contributed by atoms with E-state index in [9.17, 15) is 10.2 Å². The first kappa shape index (κ1) is 30.3. The number of hydrogen-bond donors (Lipinski definition) is 3. The van der Waals surface area contributed by atoms with Crippen molar-refractivity contribution in [3.63, 3.8) is 0 Å². The van der Waals surface area contributed by atoms with Gasteiger partial charge in [-0.3, -0.25) is 0 Å². The summed E-state index contributed by atoms with van der Waals surface area (Å²) in [5, 5.41) is 27.9. The van der Waals surface area contributed by atoms with Crippen molar-refractivity contribution >= 4 is 0 Å². The van der Waals surface area contributed by atoms with Crippen LogP contribution in [0.1, 0.15) is 103 Å². The summed E-state index contributed by atoms with van der Waals surface area (Å²) < 4.78 is 0.756. The fraction of sp³-hybridized carbons (Fsp3) is 1.00. The molecular weight excluding hydrogens is 374 g/mol. The summed E-state index contributed by atoms with van der Waals surface area (Å²) in [5.74, 6) is 0. The van der Waals surface area contributed by atoms with Crippen molar-refractivity contribution in [1.29, 1.82) is 0 Å². The maximum absolute atomic E-state index is 9.38. The highest BCUT2D eigenvalue weighted by atomic mass is 35.5. The summed E-state index contributed by atoms with van der Waals surface area (Å²) >= 11 is 0. The van der Waals surface area contributed by atoms with Gasteiger partial charge >= 0.3 is 0 Å². The molecule has 0 radical (unpaired) electrons. The van der Waals surface area contributed by atoms with E-state index in [2.05, 4.69) is 6.92 Å². The summed E-state index contributed by atoms with van der Waals surface area (Å²) in [5.41, 5.74) is 0. The average molecular weight is 424 g/mol. The van der Waals surface area contributed by atoms with Crippen LogP contribution in [0.2, 0.25) is 0 Å². The lowest BCUT2D eigenvalue weighted by molar-refractivity contribution is -0.929. The molecule has 3 N–H and O–H groups in total. The zero-order valence-electron chi connectivity index (χ0n) is 18.7. The Labute approximate surface area is 181 Å². The topological polar surface area (TPSA) is 60.7 Å². The third-order valence-electron chi connectivity index (χ3n) is 5.93. The van der Waals surface area contributed by atoms with E-state index in [-0.39, 0.29) is 32.2 Å². The van der Waals surface area contributed by atoms with Crippen LogP contribution in [0.15, 0.2) is 0 Å². The molecule has 0 aliphatic rings. The molecule has 0 bridgehead atoms. The predicted octanol–water partition coefficient (Wildman–Crippen LogP) is 1.66. The molecule has 28 heavy (non-hydrogen) atoms. The number of aliphatic hydroxyl groups excluding tert-OH is 3. The zero-order valence-corrected chi connectivity index (χ0v) is 19.5. The molecule has 0 unspecified atom stereocenters. The summed E-state index contributed by atoms with van der Waals surface area (Å²) in [6.07, 6.45) is 19.8. The van der Waals surface area contributed by atoms with Crippen molar-refractivity contribution < 1.29 is 32.2 Å². The van der Waals surface area contributed by atoms with E-state index >= 15 is 0 Å². The Balaban J connectivity index is 0. The number of hydrogen-bond acceptors (Lipinski definition) is 3. The quantitative estimate of drug-likeness (QED) is 0.183. The second-order valence-electron chi connectivity index (χ2n) is 8.36. The molecule has 0 rings (SSSR count). The van der Waals surface area contributed by atoms with Gasteiger partial charge in [-0.15, -0.1) is 0 Å². The van der Waals surface area contributed by atoms with Crippen molar-refractivity contribution in [3.8, 4) is 0 Å². The lowest BCUT2D eigenvalue weighted by Crippen LogP contribution is -3.00. The molecule has 0 saturated heterocycles. The maximum atomic E-state index is 9.38. The van der Waals surface area contributed by atoms with Crippen molar-refractivity contribution in [2.75, 3.05) is 46.0 Å². The Bertz CT molecular complexity index is 287. The summed E-state index contributed by atoms with van der Waals surface area (Å²) in [6.45, 7) is 6.04. The Morgan fingerprint density at radius 3 is 1.14 bits per heavy atom. The summed E-state index contributed by atoms with van der Waals surface area (Å²) in [4.78, 5) is 0. The lowest BCUT2D eigenvalue weighted by Gasteiger charge is -2.38. The number of aliphatic hydroxyl groups is 3. The summed E-state index contributed by atoms with van der Waals surface area (Å²) in [6, 6.07) is 0.